The van der Waals surface area contributed by atoms with Crippen LogP contribution in [-0.4, -0.2) is 35.2 Å². The highest BCUT2D eigenvalue weighted by Gasteiger charge is 2.13. The fourth-order valence-electron chi connectivity index (χ4n) is 2.95. The lowest BCUT2D eigenvalue weighted by Crippen LogP contribution is -2.32. The van der Waals surface area contributed by atoms with Gasteiger partial charge in [-0.15, -0.1) is 0 Å². The van der Waals surface area contributed by atoms with E-state index in [4.69, 9.17) is 10.6 Å². The number of carbonyl (C=O) groups is 2. The third-order valence-corrected chi connectivity index (χ3v) is 4.70. The average Bonchev–Trinajstić information content (AvgIpc) is 2.82. The van der Waals surface area contributed by atoms with Crippen LogP contribution < -0.4 is 16.4 Å². The Bertz CT molecular complexity index is 1140. The number of carbonyl (C=O) groups excluding carboxylic acids is 2. The molecule has 8 heteroatoms. The molecule has 2 amide bonds. The third kappa shape index (κ3) is 7.53. The molecule has 0 saturated carbocycles. The van der Waals surface area contributed by atoms with Crippen LogP contribution in [0.5, 0.6) is 0 Å². The van der Waals surface area contributed by atoms with Crippen molar-refractivity contribution in [3.05, 3.63) is 95.3 Å². The quantitative estimate of drug-likeness (QED) is 0.349. The van der Waals surface area contributed by atoms with Gasteiger partial charge in [0.15, 0.2) is 0 Å². The number of hydrogen-bond donors (Lipinski definition) is 3. The molecule has 34 heavy (non-hydrogen) atoms. The van der Waals surface area contributed by atoms with Crippen molar-refractivity contribution in [2.75, 3.05) is 11.9 Å². The Kier molecular flexibility index (Phi) is 8.10. The Hall–Kier alpha value is -4.04. The number of nitrogens with one attached hydrogen (secondary N) is 2. The van der Waals surface area contributed by atoms with Crippen LogP contribution in [-0.2, 0) is 4.84 Å². The van der Waals surface area contributed by atoms with Gasteiger partial charge in [-0.05, 0) is 68.3 Å². The van der Waals surface area contributed by atoms with E-state index in [1.165, 1.54) is 0 Å². The van der Waals surface area contributed by atoms with Gasteiger partial charge in [-0.1, -0.05) is 29.4 Å². The Balaban J connectivity index is 1.54. The summed E-state index contributed by atoms with van der Waals surface area (Å²) in [7, 11) is 0. The first-order valence-electron chi connectivity index (χ1n) is 10.9. The molecule has 1 unspecified atom stereocenters. The monoisotopic (exact) mass is 459 g/mol. The molecule has 0 radical (unpaired) electrons. The fourth-order valence-corrected chi connectivity index (χ4v) is 2.95. The van der Waals surface area contributed by atoms with E-state index in [2.05, 4.69) is 20.8 Å². The summed E-state index contributed by atoms with van der Waals surface area (Å²) in [4.78, 5) is 34.2. The molecule has 0 bridgehead atoms. The maximum Gasteiger partial charge on any atom is 0.255 e. The van der Waals surface area contributed by atoms with Crippen LogP contribution in [0.25, 0.3) is 0 Å². The van der Waals surface area contributed by atoms with Gasteiger partial charge in [-0.2, -0.15) is 0 Å². The number of oxime groups is 1. The van der Waals surface area contributed by atoms with Crippen LogP contribution >= 0.6 is 0 Å². The zero-order valence-corrected chi connectivity index (χ0v) is 19.5. The summed E-state index contributed by atoms with van der Waals surface area (Å²) in [6.45, 7) is 5.96. The first-order chi connectivity index (χ1) is 16.2. The van der Waals surface area contributed by atoms with E-state index in [1.54, 1.807) is 73.2 Å². The number of pyridine rings is 1. The maximum absolute atomic E-state index is 12.6. The van der Waals surface area contributed by atoms with Gasteiger partial charge in [-0.3, -0.25) is 14.6 Å². The summed E-state index contributed by atoms with van der Waals surface area (Å²) in [5.41, 5.74) is 9.09. The van der Waals surface area contributed by atoms with Gasteiger partial charge in [0.05, 0.1) is 6.21 Å². The molecule has 0 aliphatic rings. The average molecular weight is 460 g/mol. The number of nitrogens with zero attached hydrogens (tertiary/aromatic N) is 2. The SMILES string of the molecule is CC(C)(C)O/N=C/c1cccc(C(=O)NCC(N)c2ccc(C(=O)Nc3ccncc3)cc2)c1. The molecule has 3 aromatic rings. The minimum absolute atomic E-state index is 0.226. The van der Waals surface area contributed by atoms with E-state index < -0.39 is 6.04 Å². The largest absolute Gasteiger partial charge is 0.390 e. The Morgan fingerprint density at radius 2 is 1.74 bits per heavy atom. The Labute approximate surface area is 199 Å². The summed E-state index contributed by atoms with van der Waals surface area (Å²) in [6, 6.07) is 17.0. The second-order valence-corrected chi connectivity index (χ2v) is 8.69. The highest BCUT2D eigenvalue weighted by Crippen LogP contribution is 2.14. The zero-order chi connectivity index (χ0) is 24.6. The molecule has 1 atom stereocenters. The number of nitrogens with two attached hydrogens (primary N) is 1. The van der Waals surface area contributed by atoms with Gasteiger partial charge in [0.25, 0.3) is 11.8 Å². The highest BCUT2D eigenvalue weighted by atomic mass is 16.6. The molecule has 0 fully saturated rings. The lowest BCUT2D eigenvalue weighted by molar-refractivity contribution is 0.00198. The summed E-state index contributed by atoms with van der Waals surface area (Å²) < 4.78 is 0. The lowest BCUT2D eigenvalue weighted by Gasteiger charge is -2.15. The number of benzene rings is 2. The first-order valence-corrected chi connectivity index (χ1v) is 10.9. The number of hydrogen-bond acceptors (Lipinski definition) is 6. The molecular formula is C26H29N5O3. The molecule has 4 N–H and O–H groups in total. The van der Waals surface area contributed by atoms with Gasteiger partial charge in [0.1, 0.15) is 5.60 Å². The smallest absolute Gasteiger partial charge is 0.255 e. The summed E-state index contributed by atoms with van der Waals surface area (Å²) in [5.74, 6) is -0.466. The van der Waals surface area contributed by atoms with Crippen LogP contribution in [0, 0.1) is 0 Å². The van der Waals surface area contributed by atoms with E-state index in [9.17, 15) is 9.59 Å². The molecule has 1 heterocycles. The second kappa shape index (κ2) is 11.2. The number of anilines is 1. The molecule has 0 saturated heterocycles. The van der Waals surface area contributed by atoms with Crippen molar-refractivity contribution in [1.82, 2.24) is 10.3 Å². The molecule has 3 rings (SSSR count). The molecule has 0 aliphatic heterocycles. The molecule has 1 aromatic heterocycles. The van der Waals surface area contributed by atoms with E-state index in [0.29, 0.717) is 16.8 Å². The predicted octanol–water partition coefficient (Wildman–Crippen LogP) is 3.91. The molecule has 0 spiro atoms. The molecule has 2 aromatic carbocycles. The van der Waals surface area contributed by atoms with Gasteiger partial charge >= 0.3 is 0 Å². The van der Waals surface area contributed by atoms with Crippen molar-refractivity contribution in [1.29, 1.82) is 0 Å². The Morgan fingerprint density at radius 1 is 1.03 bits per heavy atom. The maximum atomic E-state index is 12.6. The van der Waals surface area contributed by atoms with Crippen molar-refractivity contribution in [2.45, 2.75) is 32.4 Å². The van der Waals surface area contributed by atoms with Gasteiger partial charge in [0.2, 0.25) is 0 Å². The molecule has 8 nitrogen and oxygen atoms in total. The summed E-state index contributed by atoms with van der Waals surface area (Å²) in [6.07, 6.45) is 4.79. The van der Waals surface area contributed by atoms with Crippen molar-refractivity contribution >= 4 is 23.7 Å². The van der Waals surface area contributed by atoms with E-state index >= 15 is 0 Å². The van der Waals surface area contributed by atoms with Gasteiger partial charge < -0.3 is 21.2 Å². The van der Waals surface area contributed by atoms with Crippen LogP contribution in [0.15, 0.2) is 78.2 Å². The van der Waals surface area contributed by atoms with Gasteiger partial charge in [-0.25, -0.2) is 0 Å². The van der Waals surface area contributed by atoms with Gasteiger partial charge in [0, 0.05) is 41.8 Å². The van der Waals surface area contributed by atoms with Crippen LogP contribution in [0.3, 0.4) is 0 Å². The third-order valence-electron chi connectivity index (χ3n) is 4.70. The molecule has 176 valence electrons. The van der Waals surface area contributed by atoms with Crippen molar-refractivity contribution in [2.24, 2.45) is 10.9 Å². The highest BCUT2D eigenvalue weighted by molar-refractivity contribution is 6.04. The summed E-state index contributed by atoms with van der Waals surface area (Å²) >= 11 is 0. The molecule has 0 aliphatic carbocycles. The zero-order valence-electron chi connectivity index (χ0n) is 19.5. The predicted molar refractivity (Wildman–Crippen MR) is 133 cm³/mol. The second-order valence-electron chi connectivity index (χ2n) is 8.69. The number of amides is 2. The normalized spacial score (nSPS) is 12.2. The number of rotatable bonds is 8. The van der Waals surface area contributed by atoms with Crippen molar-refractivity contribution in [3.63, 3.8) is 0 Å². The molecular weight excluding hydrogens is 430 g/mol. The van der Waals surface area contributed by atoms with Crippen molar-refractivity contribution < 1.29 is 14.4 Å². The van der Waals surface area contributed by atoms with Crippen LogP contribution in [0.4, 0.5) is 5.69 Å². The fraction of sp³-hybridized carbons (Fsp3) is 0.231. The summed E-state index contributed by atoms with van der Waals surface area (Å²) in [5, 5.41) is 9.62. The van der Waals surface area contributed by atoms with Crippen LogP contribution in [0.1, 0.15) is 58.7 Å². The minimum atomic E-state index is -0.425. The lowest BCUT2D eigenvalue weighted by atomic mass is 10.0. The first kappa shape index (κ1) is 24.6. The Morgan fingerprint density at radius 3 is 2.41 bits per heavy atom. The number of aromatic nitrogens is 1. The standard InChI is InChI=1S/C26H29N5O3/c1-26(2,3)34-30-16-18-5-4-6-21(15-18)24(32)29-17-23(27)19-7-9-20(10-8-19)25(33)31-22-11-13-28-14-12-22/h4-16,23H,17,27H2,1-3H3,(H,29,32)(H,28,31,33)/b30-16+. The van der Waals surface area contributed by atoms with E-state index in [-0.39, 0.29) is 24.0 Å². The van der Waals surface area contributed by atoms with E-state index in [1.807, 2.05) is 26.8 Å². The topological polar surface area (TPSA) is 119 Å². The van der Waals surface area contributed by atoms with Crippen molar-refractivity contribution in [3.8, 4) is 0 Å². The minimum Gasteiger partial charge on any atom is -0.390 e. The van der Waals surface area contributed by atoms with E-state index in [0.717, 1.165) is 11.1 Å². The van der Waals surface area contributed by atoms with Crippen LogP contribution in [0.2, 0.25) is 0 Å².